The Morgan fingerprint density at radius 3 is 2.50 bits per heavy atom. The van der Waals surface area contributed by atoms with Crippen molar-refractivity contribution in [3.63, 3.8) is 0 Å². The van der Waals surface area contributed by atoms with E-state index in [1.165, 1.54) is 18.2 Å². The van der Waals surface area contributed by atoms with Crippen molar-refractivity contribution >= 4 is 44.3 Å². The van der Waals surface area contributed by atoms with Crippen LogP contribution < -0.4 is 9.62 Å². The van der Waals surface area contributed by atoms with Crippen molar-refractivity contribution in [1.29, 1.82) is 0 Å². The second kappa shape index (κ2) is 9.22. The lowest BCUT2D eigenvalue weighted by atomic mass is 10.1. The molecule has 2 aliphatic rings. The van der Waals surface area contributed by atoms with E-state index in [1.54, 1.807) is 18.2 Å². The molecule has 0 radical (unpaired) electrons. The normalized spacial score (nSPS) is 21.3. The third kappa shape index (κ3) is 4.21. The Labute approximate surface area is 198 Å². The number of esters is 1. The highest BCUT2D eigenvalue weighted by Gasteiger charge is 2.45. The zero-order valence-corrected chi connectivity index (χ0v) is 20.2. The number of fused-ring (bicyclic) bond motifs is 2. The molecule has 11 heteroatoms. The molecule has 2 amide bonds. The van der Waals surface area contributed by atoms with E-state index in [0.29, 0.717) is 18.2 Å². The van der Waals surface area contributed by atoms with Crippen LogP contribution in [0.1, 0.15) is 25.7 Å². The fourth-order valence-electron chi connectivity index (χ4n) is 4.63. The smallest absolute Gasteiger partial charge is 0.330 e. The van der Waals surface area contributed by atoms with Crippen molar-refractivity contribution < 1.29 is 27.5 Å². The fraction of sp³-hybridized carbons (Fsp3) is 0.435. The third-order valence-electron chi connectivity index (χ3n) is 6.26. The van der Waals surface area contributed by atoms with Gasteiger partial charge in [0.15, 0.2) is 6.04 Å². The number of carbonyl (C=O) groups excluding carboxylic acids is 3. The van der Waals surface area contributed by atoms with Crippen molar-refractivity contribution in [3.8, 4) is 0 Å². The first-order valence-electron chi connectivity index (χ1n) is 11.1. The summed E-state index contributed by atoms with van der Waals surface area (Å²) in [6, 6.07) is 8.20. The number of hydrogen-bond donors (Lipinski definition) is 1. The van der Waals surface area contributed by atoms with Crippen molar-refractivity contribution in [3.05, 3.63) is 36.4 Å². The van der Waals surface area contributed by atoms with Crippen LogP contribution in [0.5, 0.6) is 0 Å². The predicted molar refractivity (Wildman–Crippen MR) is 125 cm³/mol. The summed E-state index contributed by atoms with van der Waals surface area (Å²) in [4.78, 5) is 40.4. The van der Waals surface area contributed by atoms with E-state index in [0.717, 1.165) is 16.1 Å². The minimum absolute atomic E-state index is 0.00843. The maximum atomic E-state index is 13.5. The van der Waals surface area contributed by atoms with Crippen LogP contribution in [0.2, 0.25) is 0 Å². The number of nitrogens with zero attached hydrogens (tertiary/aromatic N) is 3. The number of anilines is 1. The zero-order valence-electron chi connectivity index (χ0n) is 19.4. The van der Waals surface area contributed by atoms with Gasteiger partial charge in [0.1, 0.15) is 6.04 Å². The van der Waals surface area contributed by atoms with Crippen LogP contribution in [-0.4, -0.2) is 76.1 Å². The van der Waals surface area contributed by atoms with Crippen LogP contribution >= 0.6 is 0 Å². The summed E-state index contributed by atoms with van der Waals surface area (Å²) < 4.78 is 34.3. The van der Waals surface area contributed by atoms with Crippen molar-refractivity contribution in [2.24, 2.45) is 0 Å². The summed E-state index contributed by atoms with van der Waals surface area (Å²) in [5, 5.41) is 3.62. The average molecular weight is 489 g/mol. The molecule has 2 aliphatic heterocycles. The Hall–Kier alpha value is -3.18. The van der Waals surface area contributed by atoms with Gasteiger partial charge in [-0.1, -0.05) is 24.3 Å². The van der Waals surface area contributed by atoms with Gasteiger partial charge in [0, 0.05) is 43.5 Å². The van der Waals surface area contributed by atoms with E-state index in [4.69, 9.17) is 4.74 Å². The summed E-state index contributed by atoms with van der Waals surface area (Å²) in [5.74, 6) is -1.61. The van der Waals surface area contributed by atoms with Crippen LogP contribution in [0.15, 0.2) is 41.3 Å². The highest BCUT2D eigenvalue weighted by atomic mass is 32.2. The second-order valence-electron chi connectivity index (χ2n) is 8.62. The first kappa shape index (κ1) is 24.0. The minimum Gasteiger partial charge on any atom is -0.467 e. The average Bonchev–Trinajstić information content (AvgIpc) is 2.94. The number of hydrogen-bond acceptors (Lipinski definition) is 7. The Balaban J connectivity index is 1.71. The van der Waals surface area contributed by atoms with E-state index in [2.05, 4.69) is 4.72 Å². The highest BCUT2D eigenvalue weighted by molar-refractivity contribution is 7.89. The Kier molecular flexibility index (Phi) is 6.50. The topological polar surface area (TPSA) is 116 Å². The molecule has 2 aromatic rings. The van der Waals surface area contributed by atoms with Gasteiger partial charge in [-0.05, 0) is 31.4 Å². The van der Waals surface area contributed by atoms with Gasteiger partial charge in [-0.3, -0.25) is 14.6 Å². The monoisotopic (exact) mass is 488 g/mol. The number of amides is 2. The number of rotatable bonds is 5. The molecule has 2 fully saturated rings. The summed E-state index contributed by atoms with van der Waals surface area (Å²) in [5.41, 5.74) is 0.857. The van der Waals surface area contributed by atoms with Crippen molar-refractivity contribution in [2.45, 2.75) is 42.7 Å². The molecule has 1 N–H and O–H groups in total. The third-order valence-corrected chi connectivity index (χ3v) is 7.79. The lowest BCUT2D eigenvalue weighted by Crippen LogP contribution is -2.62. The van der Waals surface area contributed by atoms with Crippen molar-refractivity contribution in [2.75, 3.05) is 32.6 Å². The van der Waals surface area contributed by atoms with Crippen LogP contribution in [0, 0.1) is 0 Å². The van der Waals surface area contributed by atoms with E-state index >= 15 is 0 Å². The molecule has 2 atom stereocenters. The maximum Gasteiger partial charge on any atom is 0.330 e. The lowest BCUT2D eigenvalue weighted by Gasteiger charge is -2.42. The standard InChI is InChI=1S/C23H28N4O6S/c1-25(2)18-9-4-8-16-15(18)7-5-11-20(16)34(31,32)24-17-12-13-21(28)26-14-6-10-19(23(30)33-3)27(26)22(17)29/h4-5,7-9,11,17,19,24H,6,10,12-14H2,1-3H3/t17-,19-/m0/s1. The van der Waals surface area contributed by atoms with Gasteiger partial charge >= 0.3 is 5.97 Å². The highest BCUT2D eigenvalue weighted by Crippen LogP contribution is 2.31. The molecular weight excluding hydrogens is 460 g/mol. The van der Waals surface area contributed by atoms with Gasteiger partial charge < -0.3 is 9.64 Å². The van der Waals surface area contributed by atoms with E-state index in [1.807, 2.05) is 31.1 Å². The quantitative estimate of drug-likeness (QED) is 0.630. The Morgan fingerprint density at radius 2 is 1.79 bits per heavy atom. The maximum absolute atomic E-state index is 13.5. The second-order valence-corrected chi connectivity index (χ2v) is 10.3. The molecule has 2 aromatic carbocycles. The van der Waals surface area contributed by atoms with E-state index in [-0.39, 0.29) is 30.2 Å². The van der Waals surface area contributed by atoms with Gasteiger partial charge in [0.05, 0.1) is 12.0 Å². The number of sulfonamides is 1. The van der Waals surface area contributed by atoms with Crippen LogP contribution in [0.4, 0.5) is 5.69 Å². The fourth-order valence-corrected chi connectivity index (χ4v) is 6.08. The first-order valence-corrected chi connectivity index (χ1v) is 12.6. The van der Waals surface area contributed by atoms with Gasteiger partial charge in [-0.25, -0.2) is 18.2 Å². The van der Waals surface area contributed by atoms with Gasteiger partial charge in [0.2, 0.25) is 15.9 Å². The SMILES string of the molecule is COC(=O)[C@@H]1CCCN2C(=O)CC[C@H](NS(=O)(=O)c3cccc4c(N(C)C)cccc34)C(=O)N12. The summed E-state index contributed by atoms with van der Waals surface area (Å²) in [6.07, 6.45) is 0.837. The molecule has 0 aromatic heterocycles. The molecule has 2 heterocycles. The number of carbonyl (C=O) groups is 3. The van der Waals surface area contributed by atoms with Gasteiger partial charge in [-0.15, -0.1) is 0 Å². The molecular formula is C23H28N4O6S. The summed E-state index contributed by atoms with van der Waals surface area (Å²) >= 11 is 0. The predicted octanol–water partition coefficient (Wildman–Crippen LogP) is 1.25. The van der Waals surface area contributed by atoms with Crippen LogP contribution in [-0.2, 0) is 29.1 Å². The molecule has 34 heavy (non-hydrogen) atoms. The molecule has 0 bridgehead atoms. The number of hydrazine groups is 1. The van der Waals surface area contributed by atoms with Crippen LogP contribution in [0.25, 0.3) is 10.8 Å². The van der Waals surface area contributed by atoms with Gasteiger partial charge in [0.25, 0.3) is 5.91 Å². The zero-order chi connectivity index (χ0) is 24.6. The number of nitrogens with one attached hydrogen (secondary N) is 1. The molecule has 182 valence electrons. The number of benzene rings is 2. The molecule has 0 saturated carbocycles. The number of methoxy groups -OCH3 is 1. The summed E-state index contributed by atoms with van der Waals surface area (Å²) in [7, 11) is 0.823. The molecule has 0 spiro atoms. The molecule has 0 unspecified atom stereocenters. The van der Waals surface area contributed by atoms with Gasteiger partial charge in [-0.2, -0.15) is 4.72 Å². The van der Waals surface area contributed by atoms with Crippen molar-refractivity contribution in [1.82, 2.24) is 14.7 Å². The molecule has 10 nitrogen and oxygen atoms in total. The Bertz CT molecular complexity index is 1250. The van der Waals surface area contributed by atoms with E-state index < -0.39 is 34.0 Å². The minimum atomic E-state index is -4.14. The largest absolute Gasteiger partial charge is 0.467 e. The summed E-state index contributed by atoms with van der Waals surface area (Å²) in [6.45, 7) is 0.286. The first-order chi connectivity index (χ1) is 16.2. The van der Waals surface area contributed by atoms with E-state index in [9.17, 15) is 22.8 Å². The molecule has 0 aliphatic carbocycles. The van der Waals surface area contributed by atoms with Crippen LogP contribution in [0.3, 0.4) is 0 Å². The molecule has 2 saturated heterocycles. The molecule has 4 rings (SSSR count). The Morgan fingerprint density at radius 1 is 1.09 bits per heavy atom. The lowest BCUT2D eigenvalue weighted by molar-refractivity contribution is -0.181. The number of ether oxygens (including phenoxy) is 1.